The van der Waals surface area contributed by atoms with E-state index < -0.39 is 17.4 Å². The van der Waals surface area contributed by atoms with Crippen LogP contribution in [0, 0.1) is 18.3 Å². The van der Waals surface area contributed by atoms with Crippen LogP contribution in [0.1, 0.15) is 60.5 Å². The average molecular weight is 492 g/mol. The molecule has 2 aliphatic rings. The summed E-state index contributed by atoms with van der Waals surface area (Å²) >= 11 is 0. The van der Waals surface area contributed by atoms with Crippen LogP contribution in [0.3, 0.4) is 0 Å². The number of halogens is 3. The highest BCUT2D eigenvalue weighted by molar-refractivity contribution is 5.66. The summed E-state index contributed by atoms with van der Waals surface area (Å²) in [5.74, 6) is 0.785. The fourth-order valence-electron chi connectivity index (χ4n) is 4.78. The Morgan fingerprint density at radius 3 is 2.54 bits per heavy atom. The molecule has 2 N–H and O–H groups in total. The first-order valence-electron chi connectivity index (χ1n) is 11.7. The van der Waals surface area contributed by atoms with Crippen molar-refractivity contribution in [2.75, 3.05) is 31.2 Å². The van der Waals surface area contributed by atoms with Crippen molar-refractivity contribution in [3.63, 3.8) is 0 Å². The first kappa shape index (κ1) is 24.9. The van der Waals surface area contributed by atoms with Gasteiger partial charge in [-0.15, -0.1) is 0 Å². The van der Waals surface area contributed by atoms with E-state index in [1.807, 2.05) is 11.0 Å². The number of nitrogens with zero attached hydrogens (tertiary/aromatic N) is 6. The third-order valence-electron chi connectivity index (χ3n) is 6.36. The molecule has 0 spiro atoms. The molecular weight excluding hydrogens is 463 g/mol. The normalized spacial score (nSPS) is 17.1. The molecule has 9 nitrogen and oxygen atoms in total. The number of alkyl halides is 3. The van der Waals surface area contributed by atoms with Gasteiger partial charge in [0.15, 0.2) is 11.3 Å². The van der Waals surface area contributed by atoms with Crippen LogP contribution in [0.15, 0.2) is 18.5 Å². The predicted octanol–water partition coefficient (Wildman–Crippen LogP) is 3.58. The molecule has 0 aromatic carbocycles. The first-order chi connectivity index (χ1) is 16.8. The summed E-state index contributed by atoms with van der Waals surface area (Å²) in [7, 11) is 0. The van der Waals surface area contributed by atoms with Crippen molar-refractivity contribution in [2.24, 2.45) is 0 Å². The molecule has 0 radical (unpaired) electrons. The van der Waals surface area contributed by atoms with Gasteiger partial charge in [-0.05, 0) is 31.7 Å². The fraction of sp³-hybridized carbons (Fsp3) is 0.565. The molecule has 3 aromatic heterocycles. The van der Waals surface area contributed by atoms with E-state index >= 15 is 0 Å². The minimum absolute atomic E-state index is 0.0587. The highest BCUT2D eigenvalue weighted by Crippen LogP contribution is 2.42. The Bertz CT molecular complexity index is 1140. The molecule has 4 heterocycles. The number of aromatic nitrogens is 5. The predicted molar refractivity (Wildman–Crippen MR) is 121 cm³/mol. The Hall–Kier alpha value is -3.17. The number of hydrogen-bond donors (Lipinski definition) is 2. The number of H-pyrrole nitrogens is 1. The maximum Gasteiger partial charge on any atom is 0.436 e. The van der Waals surface area contributed by atoms with Gasteiger partial charge in [0.2, 0.25) is 0 Å². The van der Waals surface area contributed by atoms with Gasteiger partial charge in [0, 0.05) is 36.7 Å². The zero-order chi connectivity index (χ0) is 25.0. The molecule has 0 atom stereocenters. The summed E-state index contributed by atoms with van der Waals surface area (Å²) in [5, 5.41) is 28.4. The molecule has 1 aliphatic heterocycles. The summed E-state index contributed by atoms with van der Waals surface area (Å²) in [4.78, 5) is 6.36. The number of nitriles is 1. The number of aromatic amines is 1. The molecule has 1 saturated carbocycles. The summed E-state index contributed by atoms with van der Waals surface area (Å²) in [6, 6.07) is 3.49. The van der Waals surface area contributed by atoms with Crippen LogP contribution in [-0.2, 0) is 10.9 Å². The van der Waals surface area contributed by atoms with Gasteiger partial charge in [-0.1, -0.05) is 19.3 Å². The third kappa shape index (κ3) is 5.26. The number of fused-ring (bicyclic) bond motifs is 1. The molecule has 0 amide bonds. The van der Waals surface area contributed by atoms with Crippen LogP contribution in [-0.4, -0.2) is 62.3 Å². The number of rotatable bonds is 5. The lowest BCUT2D eigenvalue weighted by molar-refractivity contribution is -0.141. The topological polar surface area (TPSA) is 115 Å². The van der Waals surface area contributed by atoms with Gasteiger partial charge in [-0.25, -0.2) is 4.98 Å². The van der Waals surface area contributed by atoms with Crippen LogP contribution >= 0.6 is 0 Å². The molecule has 12 heteroatoms. The van der Waals surface area contributed by atoms with Crippen molar-refractivity contribution in [3.05, 3.63) is 41.0 Å². The Kier molecular flexibility index (Phi) is 7.57. The molecule has 188 valence electrons. The molecule has 35 heavy (non-hydrogen) atoms. The minimum atomic E-state index is -4.74. The van der Waals surface area contributed by atoms with E-state index in [1.165, 1.54) is 4.52 Å². The highest BCUT2D eigenvalue weighted by atomic mass is 19.4. The lowest BCUT2D eigenvalue weighted by Crippen LogP contribution is -2.53. The maximum atomic E-state index is 13.5. The number of hydrogen-bond acceptors (Lipinski definition) is 7. The van der Waals surface area contributed by atoms with E-state index in [0.29, 0.717) is 24.6 Å². The van der Waals surface area contributed by atoms with Crippen LogP contribution in [0.5, 0.6) is 0 Å². The molecular formula is C23H28F3N7O2. The number of ether oxygens (including phenoxy) is 1. The maximum absolute atomic E-state index is 13.5. The molecule has 0 bridgehead atoms. The summed E-state index contributed by atoms with van der Waals surface area (Å²) in [6.45, 7) is 2.91. The summed E-state index contributed by atoms with van der Waals surface area (Å²) < 4.78 is 47.4. The minimum Gasteiger partial charge on any atom is -0.394 e. The Balaban J connectivity index is 0.000000514. The van der Waals surface area contributed by atoms with Crippen LogP contribution in [0.25, 0.3) is 5.65 Å². The quantitative estimate of drug-likeness (QED) is 0.561. The summed E-state index contributed by atoms with van der Waals surface area (Å²) in [6.07, 6.45) is 3.82. The second-order valence-corrected chi connectivity index (χ2v) is 8.73. The Morgan fingerprint density at radius 2 is 2.00 bits per heavy atom. The number of aliphatic hydroxyl groups excluding tert-OH is 1. The van der Waals surface area contributed by atoms with Gasteiger partial charge in [-0.3, -0.25) is 5.10 Å². The third-order valence-corrected chi connectivity index (χ3v) is 6.36. The van der Waals surface area contributed by atoms with Crippen LogP contribution < -0.4 is 4.90 Å². The smallest absolute Gasteiger partial charge is 0.394 e. The SMILES string of the molecule is Cc1nc2c(C#N)c(C(F)(F)F)nn2c(N2CC(OCCO)C2)c1C1CCCCC1.c1cn[nH]c1. The zero-order valence-corrected chi connectivity index (χ0v) is 19.4. The van der Waals surface area contributed by atoms with Crippen LogP contribution in [0.2, 0.25) is 0 Å². The molecule has 1 aliphatic carbocycles. The van der Waals surface area contributed by atoms with Crippen molar-refractivity contribution >= 4 is 11.5 Å². The largest absolute Gasteiger partial charge is 0.436 e. The number of anilines is 1. The van der Waals surface area contributed by atoms with Crippen molar-refractivity contribution in [1.82, 2.24) is 24.8 Å². The zero-order valence-electron chi connectivity index (χ0n) is 19.4. The molecule has 3 aromatic rings. The van der Waals surface area contributed by atoms with E-state index in [9.17, 15) is 18.4 Å². The van der Waals surface area contributed by atoms with Crippen LogP contribution in [0.4, 0.5) is 19.0 Å². The molecule has 2 fully saturated rings. The van der Waals surface area contributed by atoms with E-state index in [1.54, 1.807) is 25.4 Å². The number of aryl methyl sites for hydroxylation is 1. The lowest BCUT2D eigenvalue weighted by Gasteiger charge is -2.42. The Labute approximate surface area is 200 Å². The van der Waals surface area contributed by atoms with E-state index in [4.69, 9.17) is 9.84 Å². The molecule has 1 saturated heterocycles. The lowest BCUT2D eigenvalue weighted by atomic mass is 9.83. The average Bonchev–Trinajstić information content (AvgIpc) is 3.50. The number of nitrogens with one attached hydrogen (secondary N) is 1. The van der Waals surface area contributed by atoms with Gasteiger partial charge in [0.25, 0.3) is 0 Å². The summed E-state index contributed by atoms with van der Waals surface area (Å²) in [5.41, 5.74) is -0.238. The standard InChI is InChI=1S/C20H24F3N5O2.C3H4N2/c1-12-16(13-5-3-2-4-6-13)19(27-10-14(11-27)30-8-7-29)28-18(25-12)15(9-24)17(26-28)20(21,22)23;1-2-4-5-3-1/h13-14,29H,2-8,10-11H2,1H3;1-3H,(H,4,5). The van der Waals surface area contributed by atoms with Crippen molar-refractivity contribution in [3.8, 4) is 6.07 Å². The van der Waals surface area contributed by atoms with Crippen molar-refractivity contribution in [2.45, 2.75) is 57.2 Å². The van der Waals surface area contributed by atoms with Gasteiger partial charge in [-0.2, -0.15) is 33.1 Å². The van der Waals surface area contributed by atoms with E-state index in [2.05, 4.69) is 20.3 Å². The van der Waals surface area contributed by atoms with Gasteiger partial charge < -0.3 is 14.7 Å². The second kappa shape index (κ2) is 10.6. The van der Waals surface area contributed by atoms with E-state index in [0.717, 1.165) is 37.7 Å². The van der Waals surface area contributed by atoms with Crippen molar-refractivity contribution in [1.29, 1.82) is 5.26 Å². The monoisotopic (exact) mass is 491 g/mol. The molecule has 5 rings (SSSR count). The fourth-order valence-corrected chi connectivity index (χ4v) is 4.78. The number of aliphatic hydroxyl groups is 1. The molecule has 0 unspecified atom stereocenters. The van der Waals surface area contributed by atoms with E-state index in [-0.39, 0.29) is 30.9 Å². The second-order valence-electron chi connectivity index (χ2n) is 8.73. The Morgan fingerprint density at radius 1 is 1.26 bits per heavy atom. The highest BCUT2D eigenvalue weighted by Gasteiger charge is 2.41. The van der Waals surface area contributed by atoms with Gasteiger partial charge >= 0.3 is 6.18 Å². The van der Waals surface area contributed by atoms with Crippen molar-refractivity contribution < 1.29 is 23.0 Å². The first-order valence-corrected chi connectivity index (χ1v) is 11.7. The van der Waals surface area contributed by atoms with Gasteiger partial charge in [0.05, 0.1) is 19.3 Å². The van der Waals surface area contributed by atoms with Gasteiger partial charge in [0.1, 0.15) is 17.5 Å².